The third kappa shape index (κ3) is 4.78. The lowest BCUT2D eigenvalue weighted by Gasteiger charge is -2.63. The summed E-state index contributed by atoms with van der Waals surface area (Å²) in [5, 5.41) is 150. The van der Waals surface area contributed by atoms with Gasteiger partial charge >= 0.3 is 11.9 Å². The molecule has 6 rings (SSSR count). The molecule has 14 N–H and O–H groups in total. The zero-order valence-electron chi connectivity index (χ0n) is 29.9. The van der Waals surface area contributed by atoms with Crippen LogP contribution in [0.25, 0.3) is 0 Å². The van der Waals surface area contributed by atoms with Crippen LogP contribution in [0.3, 0.4) is 0 Å². The summed E-state index contributed by atoms with van der Waals surface area (Å²) in [6.07, 6.45) is -8.83. The number of rotatable bonds is 6. The van der Waals surface area contributed by atoms with Crippen LogP contribution in [0, 0.1) is 40.4 Å². The quantitative estimate of drug-likeness (QED) is 0.0675. The molecule has 0 amide bonds. The molecule has 0 bridgehead atoms. The lowest BCUT2D eigenvalue weighted by Crippen LogP contribution is -2.96. The Hall–Kier alpha value is -2.49. The van der Waals surface area contributed by atoms with Crippen molar-refractivity contribution >= 4 is 29.1 Å². The molecule has 0 aromatic carbocycles. The summed E-state index contributed by atoms with van der Waals surface area (Å²) < 4.78 is 16.6. The fourth-order valence-corrected chi connectivity index (χ4v) is 10.9. The molecule has 310 valence electrons. The molecule has 6 aliphatic rings. The van der Waals surface area contributed by atoms with Gasteiger partial charge in [0.05, 0.1) is 18.1 Å². The van der Waals surface area contributed by atoms with Crippen LogP contribution in [-0.4, -0.2) is 165 Å². The van der Waals surface area contributed by atoms with Crippen molar-refractivity contribution in [2.75, 3.05) is 0 Å². The number of aliphatic hydroxyl groups is 14. The summed E-state index contributed by atoms with van der Waals surface area (Å²) in [4.78, 5) is 65.2. The lowest BCUT2D eigenvalue weighted by atomic mass is 9.43. The molecule has 0 radical (unpaired) electrons. The maximum atomic E-state index is 14.6. The molecular weight excluding hydrogens is 748 g/mol. The number of carbonyl (C=O) groups excluding carboxylic acids is 5. The van der Waals surface area contributed by atoms with Crippen LogP contribution in [0.15, 0.2) is 0 Å². The largest absolute Gasteiger partial charge is 0.401 e. The van der Waals surface area contributed by atoms with Gasteiger partial charge in [-0.05, 0) is 48.9 Å². The molecule has 1 aliphatic heterocycles. The van der Waals surface area contributed by atoms with Crippen LogP contribution in [0.1, 0.15) is 66.2 Å². The zero-order chi connectivity index (χ0) is 41.9. The molecule has 22 nitrogen and oxygen atoms in total. The third-order valence-corrected chi connectivity index (χ3v) is 13.8. The predicted octanol–water partition coefficient (Wildman–Crippen LogP) is -7.04. The lowest BCUT2D eigenvalue weighted by molar-refractivity contribution is -0.613. The zero-order valence-corrected chi connectivity index (χ0v) is 29.9. The summed E-state index contributed by atoms with van der Waals surface area (Å²) in [5.41, 5.74) is -10.5. The minimum absolute atomic E-state index is 0.0588. The maximum Gasteiger partial charge on any atom is 0.391 e. The van der Waals surface area contributed by atoms with E-state index in [1.165, 1.54) is 20.8 Å². The molecule has 6 fully saturated rings. The summed E-state index contributed by atoms with van der Waals surface area (Å²) in [6.45, 7) is 5.47. The van der Waals surface area contributed by atoms with Gasteiger partial charge in [-0.15, -0.1) is 0 Å². The highest BCUT2D eigenvalue weighted by atomic mass is 16.8. The van der Waals surface area contributed by atoms with E-state index in [0.29, 0.717) is 0 Å². The number of ketones is 4. The van der Waals surface area contributed by atoms with Gasteiger partial charge in [-0.25, -0.2) is 0 Å². The number of carbonyl (C=O) groups is 5. The summed E-state index contributed by atoms with van der Waals surface area (Å²) in [7, 11) is 0. The minimum atomic E-state index is -5.05. The van der Waals surface area contributed by atoms with Crippen LogP contribution >= 0.6 is 0 Å². The minimum Gasteiger partial charge on any atom is -0.401 e. The summed E-state index contributed by atoms with van der Waals surface area (Å²) >= 11 is 0. The standard InChI is InChI=1S/C33H46O22/c1-11(2)22(38)55-28(41,42)23(39)27-17(53-18(54-27)10-26(40)29(43,44)31(47,48)33(51,52)32(49,50)30(26,45)46)7-14-12-5-6-13-20(36)21(37)16(35)8-24(13,3)19(12)15(34)9-25(14,27)4/h11-15,17-19,34,40-52H,5-10H2,1-4H3. The van der Waals surface area contributed by atoms with E-state index < -0.39 is 153 Å². The second-order valence-electron chi connectivity index (χ2n) is 17.0. The van der Waals surface area contributed by atoms with Gasteiger partial charge in [0.2, 0.25) is 11.6 Å². The Kier molecular flexibility index (Phi) is 9.04. The molecule has 1 saturated heterocycles. The predicted molar refractivity (Wildman–Crippen MR) is 165 cm³/mol. The van der Waals surface area contributed by atoms with Crippen molar-refractivity contribution in [3.8, 4) is 0 Å². The first-order valence-corrected chi connectivity index (χ1v) is 17.5. The molecule has 5 aliphatic carbocycles. The number of aliphatic hydroxyl groups excluding tert-OH is 1. The van der Waals surface area contributed by atoms with Gasteiger partial charge in [0.15, 0.2) is 17.5 Å². The number of hydrogen-bond acceptors (Lipinski definition) is 22. The Bertz CT molecular complexity index is 1680. The Labute approximate surface area is 310 Å². The van der Waals surface area contributed by atoms with Crippen molar-refractivity contribution in [3.63, 3.8) is 0 Å². The highest BCUT2D eigenvalue weighted by molar-refractivity contribution is 6.65. The van der Waals surface area contributed by atoms with E-state index in [4.69, 9.17) is 14.2 Å². The van der Waals surface area contributed by atoms with E-state index in [0.717, 1.165) is 0 Å². The molecule has 0 spiro atoms. The monoisotopic (exact) mass is 794 g/mol. The Morgan fingerprint density at radius 1 is 0.855 bits per heavy atom. The molecule has 1 heterocycles. The van der Waals surface area contributed by atoms with Gasteiger partial charge in [-0.3, -0.25) is 24.0 Å². The highest BCUT2D eigenvalue weighted by Gasteiger charge is 2.91. The Balaban J connectivity index is 1.45. The number of ether oxygens (including phenoxy) is 3. The first-order chi connectivity index (χ1) is 24.7. The average molecular weight is 795 g/mol. The summed E-state index contributed by atoms with van der Waals surface area (Å²) in [6, 6.07) is 0. The van der Waals surface area contributed by atoms with Crippen LogP contribution in [0.5, 0.6) is 0 Å². The van der Waals surface area contributed by atoms with Crippen molar-refractivity contribution < 1.29 is 110 Å². The molecule has 5 saturated carbocycles. The molecule has 22 heteroatoms. The summed E-state index contributed by atoms with van der Waals surface area (Å²) in [5.74, 6) is -39.8. The Morgan fingerprint density at radius 3 is 1.91 bits per heavy atom. The third-order valence-electron chi connectivity index (χ3n) is 13.8. The van der Waals surface area contributed by atoms with Crippen molar-refractivity contribution in [2.45, 2.75) is 131 Å². The fraction of sp³-hybridized carbons (Fsp3) is 0.848. The van der Waals surface area contributed by atoms with Crippen molar-refractivity contribution in [1.82, 2.24) is 0 Å². The van der Waals surface area contributed by atoms with Crippen molar-refractivity contribution in [2.24, 2.45) is 40.4 Å². The van der Waals surface area contributed by atoms with E-state index in [1.54, 1.807) is 6.92 Å². The van der Waals surface area contributed by atoms with Gasteiger partial charge in [0.25, 0.3) is 40.5 Å². The van der Waals surface area contributed by atoms with Crippen LogP contribution < -0.4 is 0 Å². The molecule has 0 aromatic heterocycles. The number of fused-ring (bicyclic) bond motifs is 7. The number of esters is 1. The highest BCUT2D eigenvalue weighted by Crippen LogP contribution is 2.71. The van der Waals surface area contributed by atoms with E-state index in [-0.39, 0.29) is 19.3 Å². The molecule has 10 atom stereocenters. The SMILES string of the molecule is CC(C)C(=O)OC(O)(O)C(=O)C12OC(CC3(O)C(O)(O)C(O)(O)C(O)(O)C(O)(O)C3(O)O)OC1CC1C3CCC4C(=O)C(=O)C(=O)CC4(C)C3C(O)CC12C. The molecular formula is C33H46O22. The van der Waals surface area contributed by atoms with Crippen LogP contribution in [0.2, 0.25) is 0 Å². The van der Waals surface area contributed by atoms with Crippen molar-refractivity contribution in [1.29, 1.82) is 0 Å². The number of hydrogen-bond donors (Lipinski definition) is 14. The van der Waals surface area contributed by atoms with E-state index in [9.17, 15) is 95.5 Å². The Morgan fingerprint density at radius 2 is 1.38 bits per heavy atom. The van der Waals surface area contributed by atoms with Crippen molar-refractivity contribution in [3.05, 3.63) is 0 Å². The molecule has 55 heavy (non-hydrogen) atoms. The normalized spacial score (nSPS) is 43.3. The van der Waals surface area contributed by atoms with E-state index >= 15 is 0 Å². The average Bonchev–Trinajstić information content (AvgIpc) is 3.52. The topological polar surface area (TPSA) is 396 Å². The van der Waals surface area contributed by atoms with Gasteiger partial charge in [0, 0.05) is 24.2 Å². The number of Topliss-reactive ketones (excluding diaryl/α,β-unsaturated/α-hetero) is 4. The van der Waals surface area contributed by atoms with E-state index in [2.05, 4.69) is 0 Å². The first-order valence-electron chi connectivity index (χ1n) is 17.5. The van der Waals surface area contributed by atoms with E-state index in [1.807, 2.05) is 0 Å². The maximum absolute atomic E-state index is 14.6. The molecule has 10 unspecified atom stereocenters. The first kappa shape index (κ1) is 42.1. The van der Waals surface area contributed by atoms with Gasteiger partial charge < -0.3 is 85.7 Å². The second-order valence-corrected chi connectivity index (χ2v) is 17.0. The van der Waals surface area contributed by atoms with Crippen LogP contribution in [-0.2, 0) is 38.2 Å². The van der Waals surface area contributed by atoms with Gasteiger partial charge in [-0.2, -0.15) is 0 Å². The fourth-order valence-electron chi connectivity index (χ4n) is 10.9. The van der Waals surface area contributed by atoms with Gasteiger partial charge in [0.1, 0.15) is 0 Å². The molecule has 0 aromatic rings. The van der Waals surface area contributed by atoms with Gasteiger partial charge in [-0.1, -0.05) is 27.7 Å². The van der Waals surface area contributed by atoms with Crippen LogP contribution in [0.4, 0.5) is 0 Å². The second kappa shape index (κ2) is 11.8. The smallest absolute Gasteiger partial charge is 0.391 e.